The molecule has 166 valence electrons. The van der Waals surface area contributed by atoms with E-state index in [0.29, 0.717) is 22.8 Å². The van der Waals surface area contributed by atoms with Crippen LogP contribution in [0.15, 0.2) is 51.9 Å². The summed E-state index contributed by atoms with van der Waals surface area (Å²) in [5.74, 6) is 0.509. The molecule has 8 heteroatoms. The highest BCUT2D eigenvalue weighted by Crippen LogP contribution is 2.32. The van der Waals surface area contributed by atoms with E-state index in [1.165, 1.54) is 0 Å². The lowest BCUT2D eigenvalue weighted by Gasteiger charge is -2.11. The van der Waals surface area contributed by atoms with E-state index in [9.17, 15) is 13.2 Å². The van der Waals surface area contributed by atoms with E-state index in [0.717, 1.165) is 29.5 Å². The topological polar surface area (TPSA) is 101 Å². The van der Waals surface area contributed by atoms with Crippen molar-refractivity contribution in [2.24, 2.45) is 5.92 Å². The highest BCUT2D eigenvalue weighted by Gasteiger charge is 2.30. The molecule has 2 aromatic carbocycles. The molecule has 1 saturated carbocycles. The van der Waals surface area contributed by atoms with E-state index in [4.69, 9.17) is 4.52 Å². The molecular weight excluding hydrogens is 426 g/mol. The Kier molecular flexibility index (Phi) is 5.88. The van der Waals surface area contributed by atoms with Gasteiger partial charge in [-0.15, -0.1) is 0 Å². The van der Waals surface area contributed by atoms with Gasteiger partial charge in [-0.25, -0.2) is 8.42 Å². The van der Waals surface area contributed by atoms with Crippen LogP contribution in [0.4, 0.5) is 11.4 Å². The molecule has 1 aromatic heterocycles. The highest BCUT2D eigenvalue weighted by atomic mass is 32.2. The number of rotatable bonds is 7. The predicted octanol–water partition coefficient (Wildman–Crippen LogP) is 4.92. The molecule has 0 unspecified atom stereocenters. The first-order valence-electron chi connectivity index (χ1n) is 10.4. The van der Waals surface area contributed by atoms with Gasteiger partial charge in [0.15, 0.2) is 5.76 Å². The summed E-state index contributed by atoms with van der Waals surface area (Å²) in [6, 6.07) is 12.1. The van der Waals surface area contributed by atoms with Crippen molar-refractivity contribution in [3.05, 3.63) is 70.6 Å². The molecule has 1 heterocycles. The van der Waals surface area contributed by atoms with Gasteiger partial charge in [0.1, 0.15) is 11.4 Å². The Balaban J connectivity index is 1.48. The van der Waals surface area contributed by atoms with Crippen molar-refractivity contribution in [2.45, 2.75) is 38.5 Å². The number of anilines is 2. The quantitative estimate of drug-likeness (QED) is 0.531. The monoisotopic (exact) mass is 451 g/mol. The summed E-state index contributed by atoms with van der Waals surface area (Å²) in [6.45, 7) is 5.60. The van der Waals surface area contributed by atoms with Gasteiger partial charge in [0, 0.05) is 5.92 Å². The number of carbonyl (C=O) groups excluding carboxylic acids is 1. The van der Waals surface area contributed by atoms with Crippen molar-refractivity contribution in [1.29, 1.82) is 0 Å². The van der Waals surface area contributed by atoms with Crippen LogP contribution >= 0.6 is 0 Å². The minimum atomic E-state index is -3.70. The molecule has 7 nitrogen and oxygen atoms in total. The van der Waals surface area contributed by atoms with E-state index in [1.807, 2.05) is 26.0 Å². The molecule has 3 aromatic rings. The smallest absolute Gasteiger partial charge is 0.261 e. The maximum atomic E-state index is 12.7. The Morgan fingerprint density at radius 3 is 2.44 bits per heavy atom. The number of aryl methyl sites for hydroxylation is 3. The molecule has 1 aliphatic carbocycles. The maximum absolute atomic E-state index is 12.7. The number of carbonyl (C=O) groups is 1. The number of hydrogen-bond donors (Lipinski definition) is 2. The fourth-order valence-corrected chi connectivity index (χ4v) is 4.42. The Hall–Kier alpha value is -3.39. The third-order valence-electron chi connectivity index (χ3n) is 5.33. The lowest BCUT2D eigenvalue weighted by molar-refractivity contribution is -0.117. The normalized spacial score (nSPS) is 14.0. The van der Waals surface area contributed by atoms with Crippen molar-refractivity contribution >= 4 is 39.5 Å². The summed E-state index contributed by atoms with van der Waals surface area (Å²) in [7, 11) is -3.70. The predicted molar refractivity (Wildman–Crippen MR) is 125 cm³/mol. The molecule has 1 aliphatic rings. The number of amides is 1. The van der Waals surface area contributed by atoms with Crippen molar-refractivity contribution < 1.29 is 17.7 Å². The summed E-state index contributed by atoms with van der Waals surface area (Å²) >= 11 is 0. The molecule has 1 fully saturated rings. The van der Waals surface area contributed by atoms with Crippen LogP contribution in [0, 0.1) is 26.7 Å². The van der Waals surface area contributed by atoms with E-state index in [-0.39, 0.29) is 16.7 Å². The van der Waals surface area contributed by atoms with E-state index < -0.39 is 10.0 Å². The van der Waals surface area contributed by atoms with Crippen LogP contribution in [0.25, 0.3) is 12.2 Å². The molecule has 0 aliphatic heterocycles. The third-order valence-corrected chi connectivity index (χ3v) is 6.71. The fraction of sp³-hybridized carbons (Fsp3) is 0.250. The maximum Gasteiger partial charge on any atom is 0.261 e. The Morgan fingerprint density at radius 1 is 1.06 bits per heavy atom. The second-order valence-corrected chi connectivity index (χ2v) is 9.78. The van der Waals surface area contributed by atoms with Gasteiger partial charge in [0.25, 0.3) is 10.0 Å². The molecule has 1 amide bonds. The molecule has 0 radical (unpaired) electrons. The third kappa shape index (κ3) is 4.91. The van der Waals surface area contributed by atoms with E-state index in [1.54, 1.807) is 49.4 Å². The second kappa shape index (κ2) is 8.63. The van der Waals surface area contributed by atoms with Gasteiger partial charge in [0.2, 0.25) is 5.91 Å². The first-order chi connectivity index (χ1) is 15.2. The SMILES string of the molecule is Cc1ccc(NS(=O)(=O)c2ccc(/C=C\c3onc(C)c3NC(=O)C3CC3)cc2)c(C)c1. The van der Waals surface area contributed by atoms with Gasteiger partial charge >= 0.3 is 0 Å². The van der Waals surface area contributed by atoms with Gasteiger partial charge in [0.05, 0.1) is 10.6 Å². The number of sulfonamides is 1. The molecule has 0 bridgehead atoms. The van der Waals surface area contributed by atoms with Gasteiger partial charge in [-0.2, -0.15) is 0 Å². The molecular formula is C24H25N3O4S. The van der Waals surface area contributed by atoms with Crippen molar-refractivity contribution in [1.82, 2.24) is 5.16 Å². The van der Waals surface area contributed by atoms with Crippen molar-refractivity contribution in [3.8, 4) is 0 Å². The molecule has 32 heavy (non-hydrogen) atoms. The van der Waals surface area contributed by atoms with Gasteiger partial charge in [-0.3, -0.25) is 9.52 Å². The standard InChI is InChI=1S/C24H25N3O4S/c1-15-4-12-21(16(2)14-15)27-32(29,30)20-10-5-18(6-11-20)7-13-22-23(17(3)26-31-22)25-24(28)19-8-9-19/h4-7,10-14,19,27H,8-9H2,1-3H3,(H,25,28)/b13-7-. The molecule has 2 N–H and O–H groups in total. The van der Waals surface area contributed by atoms with Crippen LogP contribution in [0.5, 0.6) is 0 Å². The van der Waals surface area contributed by atoms with Gasteiger partial charge in [-0.1, -0.05) is 41.1 Å². The van der Waals surface area contributed by atoms with E-state index in [2.05, 4.69) is 15.2 Å². The molecule has 0 atom stereocenters. The summed E-state index contributed by atoms with van der Waals surface area (Å²) in [4.78, 5) is 12.3. The summed E-state index contributed by atoms with van der Waals surface area (Å²) in [5, 5.41) is 6.81. The average Bonchev–Trinajstić information content (AvgIpc) is 3.55. The minimum Gasteiger partial charge on any atom is -0.354 e. The fourth-order valence-electron chi connectivity index (χ4n) is 3.29. The molecule has 4 rings (SSSR count). The van der Waals surface area contributed by atoms with Gasteiger partial charge < -0.3 is 9.84 Å². The zero-order valence-electron chi connectivity index (χ0n) is 18.2. The zero-order chi connectivity index (χ0) is 22.9. The highest BCUT2D eigenvalue weighted by molar-refractivity contribution is 7.92. The van der Waals surface area contributed by atoms with Crippen LogP contribution in [-0.2, 0) is 14.8 Å². The minimum absolute atomic E-state index is 0.0168. The van der Waals surface area contributed by atoms with Crippen molar-refractivity contribution in [3.63, 3.8) is 0 Å². The van der Waals surface area contributed by atoms with Crippen LogP contribution in [0.3, 0.4) is 0 Å². The Labute approximate surface area is 187 Å². The van der Waals surface area contributed by atoms with Crippen LogP contribution < -0.4 is 10.0 Å². The lowest BCUT2D eigenvalue weighted by Crippen LogP contribution is -2.14. The number of aromatic nitrogens is 1. The number of hydrogen-bond acceptors (Lipinski definition) is 5. The van der Waals surface area contributed by atoms with Crippen LogP contribution in [0.2, 0.25) is 0 Å². The summed E-state index contributed by atoms with van der Waals surface area (Å²) in [6.07, 6.45) is 5.31. The first kappa shape index (κ1) is 21.8. The molecule has 0 spiro atoms. The number of nitrogens with zero attached hydrogens (tertiary/aromatic N) is 1. The Bertz CT molecular complexity index is 1290. The van der Waals surface area contributed by atoms with Crippen LogP contribution in [-0.4, -0.2) is 19.5 Å². The first-order valence-corrected chi connectivity index (χ1v) is 11.9. The number of nitrogens with one attached hydrogen (secondary N) is 2. The molecule has 0 saturated heterocycles. The van der Waals surface area contributed by atoms with Crippen LogP contribution in [0.1, 0.15) is 41.0 Å². The zero-order valence-corrected chi connectivity index (χ0v) is 19.0. The largest absolute Gasteiger partial charge is 0.354 e. The number of benzene rings is 2. The summed E-state index contributed by atoms with van der Waals surface area (Å²) < 4.78 is 33.5. The lowest BCUT2D eigenvalue weighted by atomic mass is 10.1. The van der Waals surface area contributed by atoms with Gasteiger partial charge in [-0.05, 0) is 69.0 Å². The van der Waals surface area contributed by atoms with E-state index >= 15 is 0 Å². The average molecular weight is 452 g/mol. The summed E-state index contributed by atoms with van der Waals surface area (Å²) in [5.41, 5.74) is 4.44. The second-order valence-electron chi connectivity index (χ2n) is 8.10. The Morgan fingerprint density at radius 2 is 1.78 bits per heavy atom. The van der Waals surface area contributed by atoms with Crippen molar-refractivity contribution in [2.75, 3.05) is 10.0 Å².